The molecular weight excluding hydrogens is 222 g/mol. The molecule has 0 unspecified atom stereocenters. The van der Waals surface area contributed by atoms with Crippen molar-refractivity contribution < 1.29 is 0 Å². The number of nitrogens with two attached hydrogens (primary N) is 1. The van der Waals surface area contributed by atoms with Gasteiger partial charge in [0.25, 0.3) is 0 Å². The zero-order valence-corrected chi connectivity index (χ0v) is 11.0. The first-order chi connectivity index (χ1) is 7.56. The number of para-hydroxylation sites is 1. The molecule has 0 aromatic heterocycles. The Morgan fingerprint density at radius 3 is 2.44 bits per heavy atom. The predicted molar refractivity (Wildman–Crippen MR) is 71.2 cm³/mol. The molecule has 1 aromatic carbocycles. The standard InChI is InChI=1S/C12H20ClN3/c1-15(2)7-8-16(3)12-10(9-14)5-4-6-11(12)13/h4-6H,7-9,14H2,1-3H3. The van der Waals surface area contributed by atoms with E-state index in [0.29, 0.717) is 6.54 Å². The topological polar surface area (TPSA) is 32.5 Å². The second kappa shape index (κ2) is 6.09. The van der Waals surface area contributed by atoms with Crippen LogP contribution in [0.5, 0.6) is 0 Å². The van der Waals surface area contributed by atoms with Gasteiger partial charge in [0, 0.05) is 26.7 Å². The molecule has 4 heteroatoms. The first kappa shape index (κ1) is 13.3. The summed E-state index contributed by atoms with van der Waals surface area (Å²) in [6.45, 7) is 2.44. The molecule has 0 heterocycles. The molecule has 3 nitrogen and oxygen atoms in total. The fourth-order valence-corrected chi connectivity index (χ4v) is 1.95. The van der Waals surface area contributed by atoms with Crippen LogP contribution in [-0.4, -0.2) is 39.1 Å². The van der Waals surface area contributed by atoms with Crippen molar-refractivity contribution in [2.75, 3.05) is 39.1 Å². The number of likely N-dealkylation sites (N-methyl/N-ethyl adjacent to an activating group) is 2. The molecule has 2 N–H and O–H groups in total. The Labute approximate surface area is 103 Å². The number of rotatable bonds is 5. The lowest BCUT2D eigenvalue weighted by atomic mass is 10.1. The third kappa shape index (κ3) is 3.37. The first-order valence-corrected chi connectivity index (χ1v) is 5.77. The van der Waals surface area contributed by atoms with Crippen molar-refractivity contribution in [1.29, 1.82) is 0 Å². The largest absolute Gasteiger partial charge is 0.372 e. The van der Waals surface area contributed by atoms with E-state index >= 15 is 0 Å². The van der Waals surface area contributed by atoms with Gasteiger partial charge in [-0.1, -0.05) is 23.7 Å². The van der Waals surface area contributed by atoms with Crippen LogP contribution in [0.15, 0.2) is 18.2 Å². The minimum atomic E-state index is 0.516. The molecule has 0 saturated heterocycles. The number of hydrogen-bond donors (Lipinski definition) is 1. The lowest BCUT2D eigenvalue weighted by molar-refractivity contribution is 0.416. The van der Waals surface area contributed by atoms with E-state index in [1.54, 1.807) is 0 Å². The van der Waals surface area contributed by atoms with Crippen molar-refractivity contribution in [2.45, 2.75) is 6.54 Å². The van der Waals surface area contributed by atoms with Gasteiger partial charge in [-0.3, -0.25) is 0 Å². The van der Waals surface area contributed by atoms with Crippen LogP contribution in [0.25, 0.3) is 0 Å². The normalized spacial score (nSPS) is 10.9. The SMILES string of the molecule is CN(C)CCN(C)c1c(Cl)cccc1CN. The second-order valence-electron chi connectivity index (χ2n) is 4.18. The third-order valence-electron chi connectivity index (χ3n) is 2.55. The first-order valence-electron chi connectivity index (χ1n) is 5.39. The maximum atomic E-state index is 6.21. The van der Waals surface area contributed by atoms with Crippen LogP contribution in [0.3, 0.4) is 0 Å². The van der Waals surface area contributed by atoms with Gasteiger partial charge in [-0.15, -0.1) is 0 Å². The molecule has 0 saturated carbocycles. The lowest BCUT2D eigenvalue weighted by Crippen LogP contribution is -2.29. The Morgan fingerprint density at radius 2 is 1.88 bits per heavy atom. The summed E-state index contributed by atoms with van der Waals surface area (Å²) in [6, 6.07) is 5.86. The van der Waals surface area contributed by atoms with Gasteiger partial charge in [-0.2, -0.15) is 0 Å². The van der Waals surface area contributed by atoms with E-state index in [-0.39, 0.29) is 0 Å². The molecule has 16 heavy (non-hydrogen) atoms. The minimum absolute atomic E-state index is 0.516. The van der Waals surface area contributed by atoms with E-state index < -0.39 is 0 Å². The van der Waals surface area contributed by atoms with Crippen molar-refractivity contribution >= 4 is 17.3 Å². The Kier molecular flexibility index (Phi) is 5.06. The van der Waals surface area contributed by atoms with Crippen molar-refractivity contribution in [1.82, 2.24) is 4.90 Å². The van der Waals surface area contributed by atoms with E-state index in [4.69, 9.17) is 17.3 Å². The van der Waals surface area contributed by atoms with Crippen LogP contribution in [0, 0.1) is 0 Å². The number of anilines is 1. The van der Waals surface area contributed by atoms with Gasteiger partial charge < -0.3 is 15.5 Å². The molecule has 0 amide bonds. The summed E-state index contributed by atoms with van der Waals surface area (Å²) in [4.78, 5) is 4.31. The summed E-state index contributed by atoms with van der Waals surface area (Å²) in [6.07, 6.45) is 0. The molecule has 0 atom stereocenters. The maximum absolute atomic E-state index is 6.21. The highest BCUT2D eigenvalue weighted by molar-refractivity contribution is 6.33. The van der Waals surface area contributed by atoms with Crippen LogP contribution < -0.4 is 10.6 Å². The van der Waals surface area contributed by atoms with E-state index in [9.17, 15) is 0 Å². The molecule has 1 aromatic rings. The van der Waals surface area contributed by atoms with Crippen LogP contribution in [0.2, 0.25) is 5.02 Å². The summed E-state index contributed by atoms with van der Waals surface area (Å²) in [7, 11) is 6.17. The Balaban J connectivity index is 2.84. The monoisotopic (exact) mass is 241 g/mol. The fourth-order valence-electron chi connectivity index (χ4n) is 1.61. The summed E-state index contributed by atoms with van der Waals surface area (Å²) < 4.78 is 0. The summed E-state index contributed by atoms with van der Waals surface area (Å²) in [5, 5.41) is 0.768. The Bertz CT molecular complexity index is 339. The Hall–Kier alpha value is -0.770. The van der Waals surface area contributed by atoms with Crippen LogP contribution in [0.1, 0.15) is 5.56 Å². The van der Waals surface area contributed by atoms with Crippen molar-refractivity contribution in [3.05, 3.63) is 28.8 Å². The highest BCUT2D eigenvalue weighted by Gasteiger charge is 2.10. The molecule has 1 rings (SSSR count). The summed E-state index contributed by atoms with van der Waals surface area (Å²) in [5.74, 6) is 0. The number of nitrogens with zero attached hydrogens (tertiary/aromatic N) is 2. The predicted octanol–water partition coefficient (Wildman–Crippen LogP) is 1.80. The van der Waals surface area contributed by atoms with Crippen LogP contribution in [-0.2, 0) is 6.54 Å². The Morgan fingerprint density at radius 1 is 1.19 bits per heavy atom. The molecule has 0 radical (unpaired) electrons. The van der Waals surface area contributed by atoms with Crippen LogP contribution >= 0.6 is 11.6 Å². The van der Waals surface area contributed by atoms with E-state index in [1.165, 1.54) is 0 Å². The molecule has 0 aliphatic rings. The second-order valence-corrected chi connectivity index (χ2v) is 4.58. The van der Waals surface area contributed by atoms with E-state index in [2.05, 4.69) is 23.9 Å². The molecule has 0 fully saturated rings. The highest BCUT2D eigenvalue weighted by atomic mass is 35.5. The van der Waals surface area contributed by atoms with E-state index in [0.717, 1.165) is 29.4 Å². The smallest absolute Gasteiger partial charge is 0.0642 e. The number of benzene rings is 1. The van der Waals surface area contributed by atoms with Gasteiger partial charge in [0.05, 0.1) is 10.7 Å². The highest BCUT2D eigenvalue weighted by Crippen LogP contribution is 2.28. The van der Waals surface area contributed by atoms with Crippen molar-refractivity contribution in [2.24, 2.45) is 5.73 Å². The average molecular weight is 242 g/mol. The van der Waals surface area contributed by atoms with Gasteiger partial charge in [0.15, 0.2) is 0 Å². The maximum Gasteiger partial charge on any atom is 0.0642 e. The van der Waals surface area contributed by atoms with Gasteiger partial charge in [-0.05, 0) is 25.7 Å². The molecule has 0 spiro atoms. The zero-order valence-electron chi connectivity index (χ0n) is 10.2. The van der Waals surface area contributed by atoms with Gasteiger partial charge in [-0.25, -0.2) is 0 Å². The van der Waals surface area contributed by atoms with E-state index in [1.807, 2.05) is 25.2 Å². The molecule has 90 valence electrons. The third-order valence-corrected chi connectivity index (χ3v) is 2.86. The minimum Gasteiger partial charge on any atom is -0.372 e. The van der Waals surface area contributed by atoms with Crippen LogP contribution in [0.4, 0.5) is 5.69 Å². The van der Waals surface area contributed by atoms with Gasteiger partial charge in [0.1, 0.15) is 0 Å². The fraction of sp³-hybridized carbons (Fsp3) is 0.500. The molecule has 0 aliphatic heterocycles. The number of halogens is 1. The number of hydrogen-bond acceptors (Lipinski definition) is 3. The molecule has 0 aliphatic carbocycles. The quantitative estimate of drug-likeness (QED) is 0.853. The van der Waals surface area contributed by atoms with Crippen molar-refractivity contribution in [3.8, 4) is 0 Å². The van der Waals surface area contributed by atoms with Crippen molar-refractivity contribution in [3.63, 3.8) is 0 Å². The van der Waals surface area contributed by atoms with Gasteiger partial charge >= 0.3 is 0 Å². The lowest BCUT2D eigenvalue weighted by Gasteiger charge is -2.24. The summed E-state index contributed by atoms with van der Waals surface area (Å²) >= 11 is 6.21. The van der Waals surface area contributed by atoms with Gasteiger partial charge in [0.2, 0.25) is 0 Å². The molecular formula is C12H20ClN3. The average Bonchev–Trinajstić information content (AvgIpc) is 2.25. The molecule has 0 bridgehead atoms. The summed E-state index contributed by atoms with van der Waals surface area (Å²) in [5.41, 5.74) is 7.86. The zero-order chi connectivity index (χ0) is 12.1.